The van der Waals surface area contributed by atoms with Crippen molar-refractivity contribution in [3.63, 3.8) is 0 Å². The minimum Gasteiger partial charge on any atom is -0.478 e. The average Bonchev–Trinajstić information content (AvgIpc) is 2.61. The van der Waals surface area contributed by atoms with E-state index >= 15 is 0 Å². The number of hydrogen-bond donors (Lipinski definition) is 2. The predicted molar refractivity (Wildman–Crippen MR) is 67.8 cm³/mol. The molecule has 6 heteroatoms. The van der Waals surface area contributed by atoms with Crippen molar-refractivity contribution in [3.8, 4) is 0 Å². The van der Waals surface area contributed by atoms with Crippen LogP contribution in [0.1, 0.15) is 28.9 Å². The summed E-state index contributed by atoms with van der Waals surface area (Å²) in [5, 5.41) is 13.1. The lowest BCUT2D eigenvalue weighted by Crippen LogP contribution is -2.24. The lowest BCUT2D eigenvalue weighted by molar-refractivity contribution is 0.0697. The largest absolute Gasteiger partial charge is 0.478 e. The molecule has 0 unspecified atom stereocenters. The quantitative estimate of drug-likeness (QED) is 0.872. The van der Waals surface area contributed by atoms with Gasteiger partial charge in [-0.15, -0.1) is 0 Å². The standard InChI is InChI=1S/C10H14N2O2S2/c1-6-8(10(13)14)9(16-12-6)11-7-2-4-15-5-3-7/h7,11H,2-5H2,1H3,(H,13,14). The second-order valence-corrected chi connectivity index (χ2v) is 5.81. The van der Waals surface area contributed by atoms with Gasteiger partial charge in [-0.05, 0) is 42.8 Å². The number of hydrogen-bond acceptors (Lipinski definition) is 5. The molecule has 0 aliphatic carbocycles. The molecule has 0 bridgehead atoms. The van der Waals surface area contributed by atoms with Crippen LogP contribution in [0.15, 0.2) is 0 Å². The van der Waals surface area contributed by atoms with Crippen molar-refractivity contribution in [2.75, 3.05) is 16.8 Å². The molecule has 2 N–H and O–H groups in total. The van der Waals surface area contributed by atoms with Gasteiger partial charge < -0.3 is 10.4 Å². The molecule has 2 rings (SSSR count). The summed E-state index contributed by atoms with van der Waals surface area (Å²) in [5.41, 5.74) is 0.938. The van der Waals surface area contributed by atoms with E-state index in [-0.39, 0.29) is 0 Å². The molecule has 0 spiro atoms. The Morgan fingerprint density at radius 3 is 2.81 bits per heavy atom. The molecule has 2 heterocycles. The number of rotatable bonds is 3. The Hall–Kier alpha value is -0.750. The monoisotopic (exact) mass is 258 g/mol. The lowest BCUT2D eigenvalue weighted by Gasteiger charge is -2.22. The smallest absolute Gasteiger partial charge is 0.340 e. The first-order valence-electron chi connectivity index (χ1n) is 5.22. The van der Waals surface area contributed by atoms with Gasteiger partial charge in [-0.1, -0.05) is 0 Å². The van der Waals surface area contributed by atoms with Crippen molar-refractivity contribution in [3.05, 3.63) is 11.3 Å². The van der Waals surface area contributed by atoms with Gasteiger partial charge in [0.15, 0.2) is 0 Å². The summed E-state index contributed by atoms with van der Waals surface area (Å²) in [6, 6.07) is 0.402. The molecule has 16 heavy (non-hydrogen) atoms. The number of carboxylic acids is 1. The first kappa shape index (κ1) is 11.7. The van der Waals surface area contributed by atoms with Crippen LogP contribution in [0.5, 0.6) is 0 Å². The number of anilines is 1. The van der Waals surface area contributed by atoms with Gasteiger partial charge in [0, 0.05) is 6.04 Å². The number of aromatic nitrogens is 1. The maximum absolute atomic E-state index is 11.1. The van der Waals surface area contributed by atoms with Gasteiger partial charge in [0.25, 0.3) is 0 Å². The van der Waals surface area contributed by atoms with Crippen molar-refractivity contribution >= 4 is 34.3 Å². The summed E-state index contributed by atoms with van der Waals surface area (Å²) in [6.45, 7) is 1.74. The highest BCUT2D eigenvalue weighted by Gasteiger charge is 2.21. The molecule has 1 saturated heterocycles. The van der Waals surface area contributed by atoms with Crippen molar-refractivity contribution in [2.24, 2.45) is 0 Å². The third-order valence-electron chi connectivity index (χ3n) is 2.63. The third kappa shape index (κ3) is 2.49. The van der Waals surface area contributed by atoms with Gasteiger partial charge in [0.1, 0.15) is 10.6 Å². The average molecular weight is 258 g/mol. The molecule has 0 saturated carbocycles. The number of thioether (sulfide) groups is 1. The van der Waals surface area contributed by atoms with Crippen LogP contribution in [0.4, 0.5) is 5.00 Å². The van der Waals surface area contributed by atoms with Gasteiger partial charge in [0.2, 0.25) is 0 Å². The fourth-order valence-electron chi connectivity index (χ4n) is 1.75. The van der Waals surface area contributed by atoms with Crippen LogP contribution in [0.2, 0.25) is 0 Å². The van der Waals surface area contributed by atoms with E-state index in [1.165, 1.54) is 11.5 Å². The van der Waals surface area contributed by atoms with E-state index in [4.69, 9.17) is 5.11 Å². The summed E-state index contributed by atoms with van der Waals surface area (Å²) >= 11 is 3.21. The molecule has 0 amide bonds. The second kappa shape index (κ2) is 5.05. The second-order valence-electron chi connectivity index (χ2n) is 3.81. The molecule has 1 fully saturated rings. The fourth-order valence-corrected chi connectivity index (χ4v) is 3.72. The molecule has 1 aliphatic heterocycles. The maximum atomic E-state index is 11.1. The van der Waals surface area contributed by atoms with E-state index in [1.54, 1.807) is 6.92 Å². The molecule has 88 valence electrons. The number of aryl methyl sites for hydroxylation is 1. The molecule has 0 radical (unpaired) electrons. The number of aromatic carboxylic acids is 1. The number of nitrogens with zero attached hydrogens (tertiary/aromatic N) is 1. The normalized spacial score (nSPS) is 17.3. The minimum absolute atomic E-state index is 0.336. The highest BCUT2D eigenvalue weighted by molar-refractivity contribution is 7.99. The molecule has 1 aromatic heterocycles. The van der Waals surface area contributed by atoms with Crippen molar-refractivity contribution < 1.29 is 9.90 Å². The Labute approximate surface area is 103 Å². The topological polar surface area (TPSA) is 62.2 Å². The molecule has 0 aromatic carbocycles. The minimum atomic E-state index is -0.890. The van der Waals surface area contributed by atoms with E-state index in [0.717, 1.165) is 24.3 Å². The van der Waals surface area contributed by atoms with Crippen LogP contribution in [0, 0.1) is 6.92 Å². The van der Waals surface area contributed by atoms with Crippen molar-refractivity contribution in [1.82, 2.24) is 4.37 Å². The van der Waals surface area contributed by atoms with Gasteiger partial charge in [-0.25, -0.2) is 4.79 Å². The van der Waals surface area contributed by atoms with Crippen LogP contribution < -0.4 is 5.32 Å². The van der Waals surface area contributed by atoms with Gasteiger partial charge in [-0.3, -0.25) is 0 Å². The highest BCUT2D eigenvalue weighted by atomic mass is 32.2. The fraction of sp³-hybridized carbons (Fsp3) is 0.600. The van der Waals surface area contributed by atoms with Crippen molar-refractivity contribution in [1.29, 1.82) is 0 Å². The molecule has 1 aromatic rings. The predicted octanol–water partition coefficient (Wildman–Crippen LogP) is 2.46. The highest BCUT2D eigenvalue weighted by Crippen LogP contribution is 2.28. The Morgan fingerprint density at radius 2 is 2.19 bits per heavy atom. The third-order valence-corrected chi connectivity index (χ3v) is 4.55. The van der Waals surface area contributed by atoms with Gasteiger partial charge in [0.05, 0.1) is 5.69 Å². The molecular formula is C10H14N2O2S2. The zero-order valence-corrected chi connectivity index (χ0v) is 10.7. The van der Waals surface area contributed by atoms with E-state index in [1.807, 2.05) is 11.8 Å². The van der Waals surface area contributed by atoms with Crippen LogP contribution in [0.3, 0.4) is 0 Å². The Balaban J connectivity index is 2.11. The van der Waals surface area contributed by atoms with Gasteiger partial charge >= 0.3 is 5.97 Å². The zero-order chi connectivity index (χ0) is 11.5. The van der Waals surface area contributed by atoms with Gasteiger partial charge in [-0.2, -0.15) is 16.1 Å². The molecule has 1 aliphatic rings. The maximum Gasteiger partial charge on any atom is 0.340 e. The van der Waals surface area contributed by atoms with E-state index < -0.39 is 5.97 Å². The number of carbonyl (C=O) groups is 1. The summed E-state index contributed by atoms with van der Waals surface area (Å²) in [7, 11) is 0. The summed E-state index contributed by atoms with van der Waals surface area (Å²) in [4.78, 5) is 11.1. The first-order valence-corrected chi connectivity index (χ1v) is 7.15. The van der Waals surface area contributed by atoms with Crippen LogP contribution in [-0.4, -0.2) is 33.0 Å². The zero-order valence-electron chi connectivity index (χ0n) is 9.02. The lowest BCUT2D eigenvalue weighted by atomic mass is 10.1. The SMILES string of the molecule is Cc1nsc(NC2CCSCC2)c1C(=O)O. The summed E-state index contributed by atoms with van der Waals surface area (Å²) < 4.78 is 4.10. The Kier molecular flexibility index (Phi) is 3.70. The Bertz CT molecular complexity index is 386. The summed E-state index contributed by atoms with van der Waals surface area (Å²) in [5.74, 6) is 1.41. The van der Waals surface area contributed by atoms with Crippen LogP contribution >= 0.6 is 23.3 Å². The van der Waals surface area contributed by atoms with Crippen LogP contribution in [0.25, 0.3) is 0 Å². The van der Waals surface area contributed by atoms with Crippen LogP contribution in [-0.2, 0) is 0 Å². The van der Waals surface area contributed by atoms with E-state index in [2.05, 4.69) is 9.69 Å². The molecule has 0 atom stereocenters. The Morgan fingerprint density at radius 1 is 1.50 bits per heavy atom. The number of nitrogens with one attached hydrogen (secondary N) is 1. The number of carboxylic acid groups (broad SMARTS) is 1. The first-order chi connectivity index (χ1) is 7.68. The molecule has 4 nitrogen and oxygen atoms in total. The van der Waals surface area contributed by atoms with E-state index in [0.29, 0.717) is 22.3 Å². The van der Waals surface area contributed by atoms with E-state index in [9.17, 15) is 4.79 Å². The molecular weight excluding hydrogens is 244 g/mol. The van der Waals surface area contributed by atoms with Crippen molar-refractivity contribution in [2.45, 2.75) is 25.8 Å². The summed E-state index contributed by atoms with van der Waals surface area (Å²) in [6.07, 6.45) is 2.20.